The smallest absolute Gasteiger partial charge is 0.261 e. The van der Waals surface area contributed by atoms with Crippen molar-refractivity contribution >= 4 is 35.0 Å². The summed E-state index contributed by atoms with van der Waals surface area (Å²) in [6, 6.07) is 23.0. The number of hydrogen-bond acceptors (Lipinski definition) is 3. The van der Waals surface area contributed by atoms with Crippen LogP contribution in [-0.2, 0) is 22.6 Å². The maximum absolute atomic E-state index is 13.4. The Balaban J connectivity index is 1.90. The first-order chi connectivity index (χ1) is 16.0. The van der Waals surface area contributed by atoms with Crippen LogP contribution in [0.5, 0.6) is 5.75 Å². The van der Waals surface area contributed by atoms with Crippen molar-refractivity contribution in [3.63, 3.8) is 0 Å². The molecule has 1 atom stereocenters. The van der Waals surface area contributed by atoms with E-state index < -0.39 is 6.04 Å². The van der Waals surface area contributed by atoms with Gasteiger partial charge in [-0.3, -0.25) is 9.59 Å². The van der Waals surface area contributed by atoms with Crippen molar-refractivity contribution in [2.75, 3.05) is 13.2 Å². The number of carbonyl (C=O) groups excluding carboxylic acids is 2. The van der Waals surface area contributed by atoms with E-state index in [0.29, 0.717) is 28.8 Å². The number of likely N-dealkylation sites (N-methyl/N-ethyl adjacent to an activating group) is 1. The van der Waals surface area contributed by atoms with Gasteiger partial charge in [0.1, 0.15) is 11.8 Å². The summed E-state index contributed by atoms with van der Waals surface area (Å²) < 4.78 is 5.70. The van der Waals surface area contributed by atoms with E-state index in [9.17, 15) is 9.59 Å². The third kappa shape index (κ3) is 7.24. The highest BCUT2D eigenvalue weighted by atomic mass is 35.5. The first-order valence-electron chi connectivity index (χ1n) is 10.7. The van der Waals surface area contributed by atoms with Crippen LogP contribution in [0, 0.1) is 0 Å². The minimum Gasteiger partial charge on any atom is -0.484 e. The lowest BCUT2D eigenvalue weighted by molar-refractivity contribution is -0.142. The van der Waals surface area contributed by atoms with E-state index in [1.54, 1.807) is 30.3 Å². The molecule has 0 fully saturated rings. The molecule has 2 amide bonds. The molecule has 172 valence electrons. The predicted octanol–water partition coefficient (Wildman–Crippen LogP) is 5.15. The van der Waals surface area contributed by atoms with E-state index in [2.05, 4.69) is 5.32 Å². The van der Waals surface area contributed by atoms with Crippen molar-refractivity contribution < 1.29 is 14.3 Å². The topological polar surface area (TPSA) is 58.6 Å². The van der Waals surface area contributed by atoms with Crippen LogP contribution in [0.2, 0.25) is 10.0 Å². The van der Waals surface area contributed by atoms with Gasteiger partial charge < -0.3 is 15.0 Å². The predicted molar refractivity (Wildman–Crippen MR) is 132 cm³/mol. The number of rotatable bonds is 10. The fourth-order valence-corrected chi connectivity index (χ4v) is 3.82. The Morgan fingerprint density at radius 2 is 1.70 bits per heavy atom. The summed E-state index contributed by atoms with van der Waals surface area (Å²) in [5.41, 5.74) is 1.69. The lowest BCUT2D eigenvalue weighted by atomic mass is 10.0. The Morgan fingerprint density at radius 1 is 0.970 bits per heavy atom. The van der Waals surface area contributed by atoms with Gasteiger partial charge in [-0.15, -0.1) is 0 Å². The van der Waals surface area contributed by atoms with Crippen molar-refractivity contribution in [2.24, 2.45) is 0 Å². The van der Waals surface area contributed by atoms with Gasteiger partial charge in [0.15, 0.2) is 6.61 Å². The minimum absolute atomic E-state index is 0.173. The molecule has 0 aliphatic heterocycles. The van der Waals surface area contributed by atoms with E-state index >= 15 is 0 Å². The molecule has 33 heavy (non-hydrogen) atoms. The third-order valence-corrected chi connectivity index (χ3v) is 5.68. The number of hydrogen-bond donors (Lipinski definition) is 1. The quantitative estimate of drug-likeness (QED) is 0.432. The Morgan fingerprint density at radius 3 is 2.39 bits per heavy atom. The lowest BCUT2D eigenvalue weighted by Crippen LogP contribution is -2.51. The zero-order chi connectivity index (χ0) is 23.6. The van der Waals surface area contributed by atoms with Crippen LogP contribution < -0.4 is 10.1 Å². The molecular weight excluding hydrogens is 459 g/mol. The normalized spacial score (nSPS) is 11.5. The van der Waals surface area contributed by atoms with Gasteiger partial charge >= 0.3 is 0 Å². The Labute approximate surface area is 204 Å². The Hall–Kier alpha value is -3.02. The average molecular weight is 485 g/mol. The van der Waals surface area contributed by atoms with Crippen LogP contribution in [0.3, 0.4) is 0 Å². The number of nitrogens with one attached hydrogen (secondary N) is 1. The van der Waals surface area contributed by atoms with Crippen molar-refractivity contribution in [1.29, 1.82) is 0 Å². The molecule has 0 aliphatic rings. The van der Waals surface area contributed by atoms with Crippen LogP contribution in [0.4, 0.5) is 0 Å². The molecule has 3 aromatic carbocycles. The molecule has 0 saturated carbocycles. The van der Waals surface area contributed by atoms with Gasteiger partial charge in [-0.2, -0.15) is 0 Å². The fourth-order valence-electron chi connectivity index (χ4n) is 3.44. The molecule has 3 rings (SSSR count). The monoisotopic (exact) mass is 484 g/mol. The van der Waals surface area contributed by atoms with E-state index in [0.717, 1.165) is 11.1 Å². The summed E-state index contributed by atoms with van der Waals surface area (Å²) in [5, 5.41) is 3.90. The maximum Gasteiger partial charge on any atom is 0.261 e. The number of ether oxygens (including phenoxy) is 1. The largest absolute Gasteiger partial charge is 0.484 e. The van der Waals surface area contributed by atoms with Gasteiger partial charge in [0, 0.05) is 29.6 Å². The van der Waals surface area contributed by atoms with Crippen LogP contribution in [0.25, 0.3) is 0 Å². The molecule has 0 spiro atoms. The van der Waals surface area contributed by atoms with E-state index in [1.165, 1.54) is 4.90 Å². The molecule has 0 heterocycles. The molecule has 3 aromatic rings. The van der Waals surface area contributed by atoms with Crippen LogP contribution in [0.1, 0.15) is 18.1 Å². The number of halogens is 2. The van der Waals surface area contributed by atoms with Gasteiger partial charge in [0.05, 0.1) is 0 Å². The minimum atomic E-state index is -0.737. The second-order valence-electron chi connectivity index (χ2n) is 7.46. The van der Waals surface area contributed by atoms with Gasteiger partial charge in [0.25, 0.3) is 5.91 Å². The highest BCUT2D eigenvalue weighted by Gasteiger charge is 2.30. The van der Waals surface area contributed by atoms with Crippen LogP contribution in [0.15, 0.2) is 78.9 Å². The summed E-state index contributed by atoms with van der Waals surface area (Å²) in [5.74, 6) is -0.0854. The van der Waals surface area contributed by atoms with E-state index in [-0.39, 0.29) is 25.0 Å². The van der Waals surface area contributed by atoms with Crippen LogP contribution >= 0.6 is 23.2 Å². The van der Waals surface area contributed by atoms with E-state index in [4.69, 9.17) is 27.9 Å². The van der Waals surface area contributed by atoms with Crippen LogP contribution in [-0.4, -0.2) is 35.9 Å². The number of carbonyl (C=O) groups is 2. The Kier molecular flexibility index (Phi) is 9.16. The average Bonchev–Trinajstić information content (AvgIpc) is 2.82. The molecule has 0 unspecified atom stereocenters. The highest BCUT2D eigenvalue weighted by molar-refractivity contribution is 6.31. The summed E-state index contributed by atoms with van der Waals surface area (Å²) in [6.45, 7) is 2.23. The third-order valence-electron chi connectivity index (χ3n) is 5.08. The second kappa shape index (κ2) is 12.3. The van der Waals surface area contributed by atoms with Crippen molar-refractivity contribution in [3.05, 3.63) is 100 Å². The molecule has 0 saturated heterocycles. The maximum atomic E-state index is 13.4. The molecule has 0 radical (unpaired) electrons. The zero-order valence-corrected chi connectivity index (χ0v) is 19.9. The zero-order valence-electron chi connectivity index (χ0n) is 18.3. The molecule has 1 N–H and O–H groups in total. The number of benzene rings is 3. The molecule has 0 aliphatic carbocycles. The Bertz CT molecular complexity index is 1080. The molecule has 0 aromatic heterocycles. The van der Waals surface area contributed by atoms with Crippen molar-refractivity contribution in [2.45, 2.75) is 25.9 Å². The SMILES string of the molecule is CCNC(=O)[C@@H](Cc1ccccc1)N(Cc1ccccc1Cl)C(=O)COc1cccc(Cl)c1. The van der Waals surface area contributed by atoms with Crippen molar-refractivity contribution in [3.8, 4) is 5.75 Å². The number of nitrogens with zero attached hydrogens (tertiary/aromatic N) is 1. The fraction of sp³-hybridized carbons (Fsp3) is 0.231. The lowest BCUT2D eigenvalue weighted by Gasteiger charge is -2.31. The highest BCUT2D eigenvalue weighted by Crippen LogP contribution is 2.21. The van der Waals surface area contributed by atoms with Gasteiger partial charge in [-0.05, 0) is 42.3 Å². The first-order valence-corrected chi connectivity index (χ1v) is 11.5. The number of amides is 2. The summed E-state index contributed by atoms with van der Waals surface area (Å²) in [6.07, 6.45) is 0.361. The second-order valence-corrected chi connectivity index (χ2v) is 8.30. The first kappa shape index (κ1) is 24.6. The van der Waals surface area contributed by atoms with Crippen molar-refractivity contribution in [1.82, 2.24) is 10.2 Å². The standard InChI is InChI=1S/C26H26Cl2N2O3/c1-2-29-26(32)24(15-19-9-4-3-5-10-19)30(17-20-11-6-7-14-23(20)28)25(31)18-33-22-13-8-12-21(27)16-22/h3-14,16,24H,2,15,17-18H2,1H3,(H,29,32)/t24-/m1/s1. The van der Waals surface area contributed by atoms with Gasteiger partial charge in [-0.1, -0.05) is 77.8 Å². The molecule has 7 heteroatoms. The molecule has 0 bridgehead atoms. The molecule has 5 nitrogen and oxygen atoms in total. The summed E-state index contributed by atoms with van der Waals surface area (Å²) in [4.78, 5) is 28.0. The van der Waals surface area contributed by atoms with Gasteiger partial charge in [0.2, 0.25) is 5.91 Å². The van der Waals surface area contributed by atoms with Gasteiger partial charge in [-0.25, -0.2) is 0 Å². The summed E-state index contributed by atoms with van der Waals surface area (Å²) in [7, 11) is 0. The summed E-state index contributed by atoms with van der Waals surface area (Å²) >= 11 is 12.4. The van der Waals surface area contributed by atoms with E-state index in [1.807, 2.05) is 55.5 Å². The molecular formula is C26H26Cl2N2O3.